The van der Waals surface area contributed by atoms with Crippen molar-refractivity contribution < 1.29 is 27.4 Å². The Kier molecular flexibility index (Phi) is 7.79. The van der Waals surface area contributed by atoms with Crippen LogP contribution in [0.2, 0.25) is 0 Å². The summed E-state index contributed by atoms with van der Waals surface area (Å²) in [5.74, 6) is 1.76. The van der Waals surface area contributed by atoms with E-state index in [1.165, 1.54) is 21.3 Å². The van der Waals surface area contributed by atoms with Gasteiger partial charge in [-0.2, -0.15) is 0 Å². The van der Waals surface area contributed by atoms with E-state index >= 15 is 0 Å². The average molecular weight is 517 g/mol. The van der Waals surface area contributed by atoms with E-state index < -0.39 is 15.1 Å². The van der Waals surface area contributed by atoms with Crippen LogP contribution in [0.5, 0.6) is 17.4 Å². The van der Waals surface area contributed by atoms with E-state index in [0.717, 1.165) is 19.3 Å². The molecule has 3 aromatic rings. The summed E-state index contributed by atoms with van der Waals surface area (Å²) < 4.78 is 51.0. The number of benzene rings is 1. The van der Waals surface area contributed by atoms with Gasteiger partial charge in [-0.25, -0.2) is 13.4 Å². The zero-order chi connectivity index (χ0) is 25.9. The molecular formula is C25H32N4O6S. The number of para-hydroxylation sites is 1. The first-order chi connectivity index (χ1) is 17.3. The quantitative estimate of drug-likeness (QED) is 0.378. The molecule has 36 heavy (non-hydrogen) atoms. The van der Waals surface area contributed by atoms with Gasteiger partial charge in [0.25, 0.3) is 0 Å². The number of nitrogens with zero attached hydrogens (tertiary/aromatic N) is 4. The lowest BCUT2D eigenvalue weighted by Crippen LogP contribution is -2.42. The molecule has 10 nitrogen and oxygen atoms in total. The molecule has 1 saturated carbocycles. The Hall–Kier alpha value is -3.18. The molecule has 1 aliphatic rings. The Bertz CT molecular complexity index is 1280. The normalized spacial score (nSPS) is 15.7. The molecule has 1 aliphatic carbocycles. The van der Waals surface area contributed by atoms with Crippen LogP contribution in [0.4, 0.5) is 0 Å². The average Bonchev–Trinajstić information content (AvgIpc) is 3.27. The van der Waals surface area contributed by atoms with Crippen LogP contribution >= 0.6 is 0 Å². The molecule has 0 amide bonds. The standard InChI is InChI=1S/C25H32N4O6S/c1-16(24(35-5)17-9-6-10-17)36(30,31)15-21-27-28-25(18-11-7-14-22(26-18)34-4)29(21)23-19(32-2)12-8-13-20(23)33-3/h7-8,11-14,16-17,24H,6,9-10,15H2,1-5H3/t16-,24-/m0/s1. The van der Waals surface area contributed by atoms with Gasteiger partial charge >= 0.3 is 0 Å². The Balaban J connectivity index is 1.85. The minimum Gasteiger partial charge on any atom is -0.494 e. The van der Waals surface area contributed by atoms with E-state index in [9.17, 15) is 8.42 Å². The molecule has 2 atom stereocenters. The highest BCUT2D eigenvalue weighted by atomic mass is 32.2. The predicted octanol–water partition coefficient (Wildman–Crippen LogP) is 3.47. The van der Waals surface area contributed by atoms with E-state index in [1.807, 2.05) is 0 Å². The zero-order valence-corrected chi connectivity index (χ0v) is 22.0. The van der Waals surface area contributed by atoms with Gasteiger partial charge in [0.15, 0.2) is 21.5 Å². The number of ether oxygens (including phenoxy) is 4. The zero-order valence-electron chi connectivity index (χ0n) is 21.2. The number of pyridine rings is 1. The highest BCUT2D eigenvalue weighted by Crippen LogP contribution is 2.38. The molecule has 194 valence electrons. The first-order valence-corrected chi connectivity index (χ1v) is 13.5. The smallest absolute Gasteiger partial charge is 0.213 e. The molecule has 0 saturated heterocycles. The summed E-state index contributed by atoms with van der Waals surface area (Å²) in [6, 6.07) is 10.6. The van der Waals surface area contributed by atoms with Gasteiger partial charge in [-0.1, -0.05) is 18.6 Å². The molecule has 0 radical (unpaired) electrons. The second-order valence-electron chi connectivity index (χ2n) is 8.76. The van der Waals surface area contributed by atoms with Crippen LogP contribution < -0.4 is 14.2 Å². The number of methoxy groups -OCH3 is 4. The fourth-order valence-electron chi connectivity index (χ4n) is 4.57. The van der Waals surface area contributed by atoms with Gasteiger partial charge in [-0.15, -0.1) is 10.2 Å². The molecule has 1 aromatic carbocycles. The van der Waals surface area contributed by atoms with Gasteiger partial charge in [-0.3, -0.25) is 4.57 Å². The highest BCUT2D eigenvalue weighted by Gasteiger charge is 2.39. The Morgan fingerprint density at radius 3 is 2.19 bits per heavy atom. The summed E-state index contributed by atoms with van der Waals surface area (Å²) in [6.45, 7) is 1.71. The van der Waals surface area contributed by atoms with E-state index in [1.54, 1.807) is 55.0 Å². The van der Waals surface area contributed by atoms with Crippen LogP contribution in [0.1, 0.15) is 32.0 Å². The third kappa shape index (κ3) is 4.90. The second-order valence-corrected chi connectivity index (χ2v) is 11.1. The molecule has 11 heteroatoms. The summed E-state index contributed by atoms with van der Waals surface area (Å²) in [5, 5.41) is 7.94. The van der Waals surface area contributed by atoms with Gasteiger partial charge in [-0.05, 0) is 43.9 Å². The maximum Gasteiger partial charge on any atom is 0.213 e. The van der Waals surface area contributed by atoms with Crippen molar-refractivity contribution in [3.05, 3.63) is 42.2 Å². The van der Waals surface area contributed by atoms with E-state index in [4.69, 9.17) is 18.9 Å². The highest BCUT2D eigenvalue weighted by molar-refractivity contribution is 7.91. The third-order valence-electron chi connectivity index (χ3n) is 6.76. The van der Waals surface area contributed by atoms with Crippen LogP contribution in [0.25, 0.3) is 17.2 Å². The molecule has 0 unspecified atom stereocenters. The van der Waals surface area contributed by atoms with E-state index in [2.05, 4.69) is 15.2 Å². The fraction of sp³-hybridized carbons (Fsp3) is 0.480. The van der Waals surface area contributed by atoms with Gasteiger partial charge in [0.1, 0.15) is 28.6 Å². The largest absolute Gasteiger partial charge is 0.494 e. The third-order valence-corrected chi connectivity index (χ3v) is 8.82. The number of sulfone groups is 1. The lowest BCUT2D eigenvalue weighted by molar-refractivity contribution is 0.0193. The van der Waals surface area contributed by atoms with Crippen LogP contribution in [-0.2, 0) is 20.3 Å². The summed E-state index contributed by atoms with van der Waals surface area (Å²) in [6.07, 6.45) is 2.66. The van der Waals surface area contributed by atoms with Crippen molar-refractivity contribution >= 4 is 9.84 Å². The first kappa shape index (κ1) is 25.9. The number of aromatic nitrogens is 4. The van der Waals surface area contributed by atoms with Crippen molar-refractivity contribution in [2.45, 2.75) is 43.3 Å². The van der Waals surface area contributed by atoms with Crippen molar-refractivity contribution in [1.82, 2.24) is 19.7 Å². The molecule has 0 spiro atoms. The molecule has 0 N–H and O–H groups in total. The van der Waals surface area contributed by atoms with Crippen LogP contribution in [0.15, 0.2) is 36.4 Å². The molecule has 0 aliphatic heterocycles. The fourth-order valence-corrected chi connectivity index (χ4v) is 6.12. The van der Waals surface area contributed by atoms with E-state index in [0.29, 0.717) is 34.6 Å². The summed E-state index contributed by atoms with van der Waals surface area (Å²) in [5.41, 5.74) is 0.933. The number of rotatable bonds is 11. The summed E-state index contributed by atoms with van der Waals surface area (Å²) >= 11 is 0. The van der Waals surface area contributed by atoms with Crippen molar-refractivity contribution in [2.75, 3.05) is 28.4 Å². The number of hydrogen-bond acceptors (Lipinski definition) is 9. The van der Waals surface area contributed by atoms with Crippen LogP contribution in [-0.4, -0.2) is 68.0 Å². The predicted molar refractivity (Wildman–Crippen MR) is 134 cm³/mol. The first-order valence-electron chi connectivity index (χ1n) is 11.8. The topological polar surface area (TPSA) is 115 Å². The van der Waals surface area contributed by atoms with E-state index in [-0.39, 0.29) is 23.6 Å². The molecule has 1 fully saturated rings. The molecule has 2 heterocycles. The van der Waals surface area contributed by atoms with Gasteiger partial charge in [0.2, 0.25) is 5.88 Å². The van der Waals surface area contributed by atoms with Crippen LogP contribution in [0, 0.1) is 5.92 Å². The Labute approximate surface area is 211 Å². The maximum atomic E-state index is 13.6. The minimum absolute atomic E-state index is 0.215. The van der Waals surface area contributed by atoms with Gasteiger partial charge in [0, 0.05) is 13.2 Å². The monoisotopic (exact) mass is 516 g/mol. The molecular weight excluding hydrogens is 484 g/mol. The van der Waals surface area contributed by atoms with Gasteiger partial charge in [0.05, 0.1) is 32.7 Å². The van der Waals surface area contributed by atoms with Gasteiger partial charge < -0.3 is 18.9 Å². The summed E-state index contributed by atoms with van der Waals surface area (Å²) in [4.78, 5) is 4.49. The number of hydrogen-bond donors (Lipinski definition) is 0. The lowest BCUT2D eigenvalue weighted by atomic mass is 9.80. The van der Waals surface area contributed by atoms with Crippen molar-refractivity contribution in [3.63, 3.8) is 0 Å². The van der Waals surface area contributed by atoms with Crippen molar-refractivity contribution in [3.8, 4) is 34.6 Å². The Morgan fingerprint density at radius 1 is 0.972 bits per heavy atom. The van der Waals surface area contributed by atoms with Crippen molar-refractivity contribution in [1.29, 1.82) is 0 Å². The molecule has 0 bridgehead atoms. The maximum absolute atomic E-state index is 13.6. The molecule has 2 aromatic heterocycles. The summed E-state index contributed by atoms with van der Waals surface area (Å²) in [7, 11) is 2.49. The van der Waals surface area contributed by atoms with Crippen LogP contribution in [0.3, 0.4) is 0 Å². The SMILES string of the molecule is COc1cccc(-c2nnc(CS(=O)(=O)[C@@H](C)[C@H](OC)C3CCC3)n2-c2c(OC)cccc2OC)n1. The minimum atomic E-state index is -3.67. The lowest BCUT2D eigenvalue weighted by Gasteiger charge is -2.36. The van der Waals surface area contributed by atoms with Crippen molar-refractivity contribution in [2.24, 2.45) is 5.92 Å². The molecule has 4 rings (SSSR count). The second kappa shape index (κ2) is 10.8. The Morgan fingerprint density at radius 2 is 1.64 bits per heavy atom.